The van der Waals surface area contributed by atoms with E-state index in [2.05, 4.69) is 10.6 Å². The van der Waals surface area contributed by atoms with Gasteiger partial charge in [-0.25, -0.2) is 0 Å². The van der Waals surface area contributed by atoms with Gasteiger partial charge in [0.05, 0.1) is 6.10 Å². The van der Waals surface area contributed by atoms with E-state index >= 15 is 0 Å². The van der Waals surface area contributed by atoms with Crippen LogP contribution in [0, 0.1) is 0 Å². The maximum Gasteiger partial charge on any atom is 0.0588 e. The first kappa shape index (κ1) is 11.0. The molecule has 0 bridgehead atoms. The van der Waals surface area contributed by atoms with E-state index in [0.717, 1.165) is 26.2 Å². The van der Waals surface area contributed by atoms with E-state index in [1.165, 1.54) is 25.7 Å². The van der Waals surface area contributed by atoms with Gasteiger partial charge in [-0.15, -0.1) is 0 Å². The van der Waals surface area contributed by atoms with Crippen LogP contribution in [0.1, 0.15) is 25.7 Å². The Balaban J connectivity index is 1.78. The molecule has 1 atom stereocenters. The molecule has 1 aliphatic rings. The van der Waals surface area contributed by atoms with Gasteiger partial charge in [0, 0.05) is 6.61 Å². The third-order valence-corrected chi connectivity index (χ3v) is 2.45. The topological polar surface area (TPSA) is 33.3 Å². The van der Waals surface area contributed by atoms with Gasteiger partial charge in [-0.1, -0.05) is 0 Å². The molecule has 13 heavy (non-hydrogen) atoms. The third-order valence-electron chi connectivity index (χ3n) is 2.45. The first-order valence-corrected chi connectivity index (χ1v) is 5.40. The van der Waals surface area contributed by atoms with E-state index in [1.54, 1.807) is 0 Å². The maximum absolute atomic E-state index is 5.53. The van der Waals surface area contributed by atoms with E-state index in [1.807, 2.05) is 7.05 Å². The number of nitrogens with one attached hydrogen (secondary N) is 2. The second-order valence-corrected chi connectivity index (χ2v) is 3.63. The summed E-state index contributed by atoms with van der Waals surface area (Å²) >= 11 is 0. The smallest absolute Gasteiger partial charge is 0.0588 e. The summed E-state index contributed by atoms with van der Waals surface area (Å²) in [7, 11) is 1.99. The average molecular weight is 186 g/mol. The standard InChI is InChI=1S/C10H22N2O/c1-11-6-3-7-12-8-5-10-4-2-9-13-10/h10-12H,2-9H2,1H3. The van der Waals surface area contributed by atoms with Crippen LogP contribution in [0.3, 0.4) is 0 Å². The zero-order valence-electron chi connectivity index (χ0n) is 8.64. The van der Waals surface area contributed by atoms with Gasteiger partial charge in [0.2, 0.25) is 0 Å². The highest BCUT2D eigenvalue weighted by molar-refractivity contribution is 4.65. The third kappa shape index (κ3) is 5.24. The van der Waals surface area contributed by atoms with Crippen LogP contribution in [0.2, 0.25) is 0 Å². The molecule has 1 rings (SSSR count). The van der Waals surface area contributed by atoms with Crippen LogP contribution < -0.4 is 10.6 Å². The fourth-order valence-electron chi connectivity index (χ4n) is 1.65. The molecular weight excluding hydrogens is 164 g/mol. The molecule has 1 aliphatic heterocycles. The van der Waals surface area contributed by atoms with Gasteiger partial charge in [-0.05, 0) is 52.4 Å². The summed E-state index contributed by atoms with van der Waals surface area (Å²) in [5.41, 5.74) is 0. The highest BCUT2D eigenvalue weighted by Crippen LogP contribution is 2.14. The fraction of sp³-hybridized carbons (Fsp3) is 1.00. The van der Waals surface area contributed by atoms with Gasteiger partial charge in [-0.2, -0.15) is 0 Å². The number of hydrogen-bond donors (Lipinski definition) is 2. The number of rotatable bonds is 7. The molecule has 1 unspecified atom stereocenters. The monoisotopic (exact) mass is 186 g/mol. The van der Waals surface area contributed by atoms with Gasteiger partial charge in [-0.3, -0.25) is 0 Å². The zero-order valence-corrected chi connectivity index (χ0v) is 8.64. The molecule has 1 heterocycles. The van der Waals surface area contributed by atoms with Gasteiger partial charge in [0.15, 0.2) is 0 Å². The van der Waals surface area contributed by atoms with E-state index < -0.39 is 0 Å². The predicted molar refractivity (Wildman–Crippen MR) is 55.0 cm³/mol. The lowest BCUT2D eigenvalue weighted by molar-refractivity contribution is 0.104. The Morgan fingerprint density at radius 1 is 1.31 bits per heavy atom. The molecule has 1 saturated heterocycles. The zero-order chi connectivity index (χ0) is 9.36. The van der Waals surface area contributed by atoms with Crippen molar-refractivity contribution in [3.63, 3.8) is 0 Å². The fourth-order valence-corrected chi connectivity index (χ4v) is 1.65. The summed E-state index contributed by atoms with van der Waals surface area (Å²) < 4.78 is 5.53. The van der Waals surface area contributed by atoms with Gasteiger partial charge < -0.3 is 15.4 Å². The molecule has 78 valence electrons. The van der Waals surface area contributed by atoms with Crippen LogP contribution in [0.25, 0.3) is 0 Å². The van der Waals surface area contributed by atoms with Crippen LogP contribution in [-0.4, -0.2) is 39.4 Å². The Morgan fingerprint density at radius 2 is 2.23 bits per heavy atom. The second kappa shape index (κ2) is 7.30. The molecule has 0 amide bonds. The van der Waals surface area contributed by atoms with E-state index in [-0.39, 0.29) is 0 Å². The molecule has 0 aliphatic carbocycles. The normalized spacial score (nSPS) is 22.4. The van der Waals surface area contributed by atoms with Crippen molar-refractivity contribution in [1.82, 2.24) is 10.6 Å². The van der Waals surface area contributed by atoms with Crippen LogP contribution in [0.5, 0.6) is 0 Å². The molecule has 3 nitrogen and oxygen atoms in total. The predicted octanol–water partition coefficient (Wildman–Crippen LogP) is 0.755. The van der Waals surface area contributed by atoms with Gasteiger partial charge >= 0.3 is 0 Å². The number of hydrogen-bond acceptors (Lipinski definition) is 3. The lowest BCUT2D eigenvalue weighted by Crippen LogP contribution is -2.23. The van der Waals surface area contributed by atoms with Crippen molar-refractivity contribution in [3.8, 4) is 0 Å². The number of ether oxygens (including phenoxy) is 1. The summed E-state index contributed by atoms with van der Waals surface area (Å²) in [5, 5.41) is 6.56. The summed E-state index contributed by atoms with van der Waals surface area (Å²) in [5.74, 6) is 0. The van der Waals surface area contributed by atoms with Gasteiger partial charge in [0.1, 0.15) is 0 Å². The summed E-state index contributed by atoms with van der Waals surface area (Å²) in [6.07, 6.45) is 5.45. The highest BCUT2D eigenvalue weighted by atomic mass is 16.5. The molecule has 0 spiro atoms. The van der Waals surface area contributed by atoms with E-state index in [0.29, 0.717) is 6.10 Å². The Kier molecular flexibility index (Phi) is 6.15. The molecule has 2 N–H and O–H groups in total. The van der Waals surface area contributed by atoms with Crippen molar-refractivity contribution in [2.45, 2.75) is 31.8 Å². The minimum Gasteiger partial charge on any atom is -0.378 e. The van der Waals surface area contributed by atoms with E-state index in [4.69, 9.17) is 4.74 Å². The molecule has 0 aromatic rings. The van der Waals surface area contributed by atoms with Crippen LogP contribution >= 0.6 is 0 Å². The SMILES string of the molecule is CNCCCNCCC1CCCO1. The van der Waals surface area contributed by atoms with Crippen LogP contribution in [0.15, 0.2) is 0 Å². The molecule has 0 saturated carbocycles. The second-order valence-electron chi connectivity index (χ2n) is 3.63. The molecular formula is C10H22N2O. The van der Waals surface area contributed by atoms with Crippen molar-refractivity contribution in [2.75, 3.05) is 33.3 Å². The van der Waals surface area contributed by atoms with E-state index in [9.17, 15) is 0 Å². The Morgan fingerprint density at radius 3 is 2.92 bits per heavy atom. The Labute approximate surface area is 81.2 Å². The van der Waals surface area contributed by atoms with Crippen molar-refractivity contribution >= 4 is 0 Å². The largest absolute Gasteiger partial charge is 0.378 e. The minimum atomic E-state index is 0.539. The molecule has 0 aromatic heterocycles. The summed E-state index contributed by atoms with van der Waals surface area (Å²) in [4.78, 5) is 0. The summed E-state index contributed by atoms with van der Waals surface area (Å²) in [6.45, 7) is 4.30. The maximum atomic E-state index is 5.53. The molecule has 0 radical (unpaired) electrons. The molecule has 0 aromatic carbocycles. The minimum absolute atomic E-state index is 0.539. The first-order valence-electron chi connectivity index (χ1n) is 5.40. The highest BCUT2D eigenvalue weighted by Gasteiger charge is 2.13. The Bertz CT molecular complexity index is 113. The lowest BCUT2D eigenvalue weighted by atomic mass is 10.2. The lowest BCUT2D eigenvalue weighted by Gasteiger charge is -2.09. The Hall–Kier alpha value is -0.120. The van der Waals surface area contributed by atoms with Crippen molar-refractivity contribution in [1.29, 1.82) is 0 Å². The molecule has 1 fully saturated rings. The van der Waals surface area contributed by atoms with Crippen molar-refractivity contribution < 1.29 is 4.74 Å². The van der Waals surface area contributed by atoms with Crippen LogP contribution in [0.4, 0.5) is 0 Å². The summed E-state index contributed by atoms with van der Waals surface area (Å²) in [6, 6.07) is 0. The van der Waals surface area contributed by atoms with Gasteiger partial charge in [0.25, 0.3) is 0 Å². The van der Waals surface area contributed by atoms with Crippen LogP contribution in [-0.2, 0) is 4.74 Å². The first-order chi connectivity index (χ1) is 6.43. The molecule has 3 heteroatoms. The van der Waals surface area contributed by atoms with Crippen molar-refractivity contribution in [2.24, 2.45) is 0 Å². The van der Waals surface area contributed by atoms with Crippen molar-refractivity contribution in [3.05, 3.63) is 0 Å². The average Bonchev–Trinajstić information content (AvgIpc) is 2.63. The quantitative estimate of drug-likeness (QED) is 0.576.